The molecular formula is C26H19N3O3S. The maximum Gasteiger partial charge on any atom is 0.283 e. The average Bonchev–Trinajstić information content (AvgIpc) is 3.38. The van der Waals surface area contributed by atoms with Crippen LogP contribution >= 0.6 is 11.3 Å². The molecule has 2 heterocycles. The van der Waals surface area contributed by atoms with Crippen LogP contribution in [0.5, 0.6) is 5.75 Å². The topological polar surface area (TPSA) is 90.8 Å². The van der Waals surface area contributed by atoms with Crippen molar-refractivity contribution in [2.75, 3.05) is 5.32 Å². The quantitative estimate of drug-likeness (QED) is 0.307. The fourth-order valence-corrected chi connectivity index (χ4v) is 5.14. The molecule has 2 amide bonds. The van der Waals surface area contributed by atoms with E-state index in [1.165, 1.54) is 23.6 Å². The fraction of sp³-hybridized carbons (Fsp3) is 0.0385. The molecule has 0 radical (unpaired) electrons. The van der Waals surface area contributed by atoms with Crippen LogP contribution in [0.3, 0.4) is 0 Å². The first-order valence-electron chi connectivity index (χ1n) is 10.3. The van der Waals surface area contributed by atoms with Gasteiger partial charge in [0, 0.05) is 11.1 Å². The second kappa shape index (κ2) is 8.37. The molecule has 6 nitrogen and oxygen atoms in total. The number of rotatable bonds is 5. The Morgan fingerprint density at radius 3 is 2.18 bits per heavy atom. The molecule has 1 aliphatic rings. The first-order chi connectivity index (χ1) is 16.1. The van der Waals surface area contributed by atoms with E-state index in [0.717, 1.165) is 16.7 Å². The monoisotopic (exact) mass is 453 g/mol. The molecule has 0 atom stereocenters. The summed E-state index contributed by atoms with van der Waals surface area (Å²) in [7, 11) is 0. The number of hydrogen-bond donors (Lipinski definition) is 3. The van der Waals surface area contributed by atoms with Gasteiger partial charge >= 0.3 is 0 Å². The van der Waals surface area contributed by atoms with E-state index in [9.17, 15) is 14.7 Å². The number of aromatic hydroxyl groups is 1. The number of nitrogens with one attached hydrogen (secondary N) is 2. The van der Waals surface area contributed by atoms with Crippen molar-refractivity contribution in [3.63, 3.8) is 0 Å². The number of benzene rings is 3. The van der Waals surface area contributed by atoms with Gasteiger partial charge in [-0.1, -0.05) is 72.8 Å². The summed E-state index contributed by atoms with van der Waals surface area (Å²) in [6, 6.07) is 25.8. The van der Waals surface area contributed by atoms with Crippen LogP contribution in [0.25, 0.3) is 0 Å². The van der Waals surface area contributed by atoms with Gasteiger partial charge in [0.1, 0.15) is 16.0 Å². The lowest BCUT2D eigenvalue weighted by Crippen LogP contribution is -2.36. The molecule has 0 bridgehead atoms. The van der Waals surface area contributed by atoms with E-state index >= 15 is 0 Å². The van der Waals surface area contributed by atoms with Gasteiger partial charge in [0.15, 0.2) is 0 Å². The van der Waals surface area contributed by atoms with Crippen LogP contribution in [-0.4, -0.2) is 23.1 Å². The van der Waals surface area contributed by atoms with Crippen molar-refractivity contribution >= 4 is 35.1 Å². The lowest BCUT2D eigenvalue weighted by atomic mass is 9.71. The number of amides is 2. The molecule has 5 rings (SSSR count). The van der Waals surface area contributed by atoms with E-state index < -0.39 is 11.3 Å². The van der Waals surface area contributed by atoms with Crippen LogP contribution in [0, 0.1) is 0 Å². The molecule has 33 heavy (non-hydrogen) atoms. The number of fused-ring (bicyclic) bond motifs is 1. The molecule has 0 unspecified atom stereocenters. The second-order valence-electron chi connectivity index (χ2n) is 7.55. The molecule has 0 aliphatic carbocycles. The number of carbonyl (C=O) groups is 2. The van der Waals surface area contributed by atoms with Crippen LogP contribution in [0.2, 0.25) is 0 Å². The molecule has 7 heteroatoms. The van der Waals surface area contributed by atoms with Gasteiger partial charge in [-0.15, -0.1) is 11.3 Å². The Labute approximate surface area is 194 Å². The van der Waals surface area contributed by atoms with Gasteiger partial charge in [-0.3, -0.25) is 9.59 Å². The Kier molecular flexibility index (Phi) is 5.24. The highest BCUT2D eigenvalue weighted by Gasteiger charge is 2.51. The number of carbonyl (C=O) groups excluding carboxylic acids is 2. The highest BCUT2D eigenvalue weighted by atomic mass is 32.1. The van der Waals surface area contributed by atoms with Crippen molar-refractivity contribution in [3.8, 4) is 5.75 Å². The zero-order valence-electron chi connectivity index (χ0n) is 17.4. The van der Waals surface area contributed by atoms with Crippen LogP contribution in [0.15, 0.2) is 95.4 Å². The van der Waals surface area contributed by atoms with Gasteiger partial charge in [0.05, 0.1) is 11.9 Å². The fourth-order valence-electron chi connectivity index (χ4n) is 4.18. The highest BCUT2D eigenvalue weighted by molar-refractivity contribution is 7.13. The van der Waals surface area contributed by atoms with Crippen molar-refractivity contribution in [1.82, 2.24) is 5.43 Å². The van der Waals surface area contributed by atoms with E-state index in [1.54, 1.807) is 18.2 Å². The van der Waals surface area contributed by atoms with Gasteiger partial charge in [0.25, 0.3) is 5.91 Å². The van der Waals surface area contributed by atoms with Crippen molar-refractivity contribution < 1.29 is 14.7 Å². The molecule has 0 fully saturated rings. The van der Waals surface area contributed by atoms with Crippen molar-refractivity contribution in [2.24, 2.45) is 5.10 Å². The zero-order valence-corrected chi connectivity index (χ0v) is 18.2. The van der Waals surface area contributed by atoms with Crippen LogP contribution in [0.4, 0.5) is 5.69 Å². The first-order valence-corrected chi connectivity index (χ1v) is 11.2. The van der Waals surface area contributed by atoms with Gasteiger partial charge in [-0.25, -0.2) is 5.43 Å². The largest absolute Gasteiger partial charge is 0.507 e. The van der Waals surface area contributed by atoms with Crippen molar-refractivity contribution in [3.05, 3.63) is 117 Å². The molecule has 162 valence electrons. The van der Waals surface area contributed by atoms with Crippen LogP contribution in [0.1, 0.15) is 31.9 Å². The van der Waals surface area contributed by atoms with Crippen molar-refractivity contribution in [2.45, 2.75) is 5.41 Å². The Morgan fingerprint density at radius 2 is 1.55 bits per heavy atom. The summed E-state index contributed by atoms with van der Waals surface area (Å²) in [5, 5.41) is 18.6. The summed E-state index contributed by atoms with van der Waals surface area (Å²) >= 11 is 1.25. The molecule has 3 aromatic carbocycles. The van der Waals surface area contributed by atoms with E-state index in [2.05, 4.69) is 15.8 Å². The third-order valence-corrected chi connectivity index (χ3v) is 6.68. The number of nitrogens with zero attached hydrogens (tertiary/aromatic N) is 1. The lowest BCUT2D eigenvalue weighted by Gasteiger charge is -2.28. The van der Waals surface area contributed by atoms with E-state index in [-0.39, 0.29) is 11.7 Å². The maximum atomic E-state index is 13.5. The average molecular weight is 454 g/mol. The minimum Gasteiger partial charge on any atom is -0.507 e. The van der Waals surface area contributed by atoms with Crippen molar-refractivity contribution in [1.29, 1.82) is 0 Å². The van der Waals surface area contributed by atoms with Gasteiger partial charge < -0.3 is 10.4 Å². The Hall–Kier alpha value is -4.23. The van der Waals surface area contributed by atoms with E-state index in [4.69, 9.17) is 0 Å². The van der Waals surface area contributed by atoms with Gasteiger partial charge in [0.2, 0.25) is 5.91 Å². The number of phenols is 1. The standard InChI is InChI=1S/C26H19N3O3S/c30-21-14-8-7-9-17(21)15-27-29-24(31)23-22-20(16-33-23)26(25(32)28-22,18-10-3-1-4-11-18)19-12-5-2-6-13-19/h1-16,30H,(H,28,32)(H,29,31)/b27-15+. The summed E-state index contributed by atoms with van der Waals surface area (Å²) in [5.74, 6) is -0.579. The van der Waals surface area contributed by atoms with Gasteiger partial charge in [-0.2, -0.15) is 5.10 Å². The molecule has 0 saturated carbocycles. The minimum atomic E-state index is -1.05. The molecule has 1 aromatic heterocycles. The van der Waals surface area contributed by atoms with E-state index in [0.29, 0.717) is 16.1 Å². The normalized spacial score (nSPS) is 14.1. The molecular weight excluding hydrogens is 434 g/mol. The lowest BCUT2D eigenvalue weighted by molar-refractivity contribution is -0.118. The smallest absolute Gasteiger partial charge is 0.283 e. The summed E-state index contributed by atoms with van der Waals surface area (Å²) in [4.78, 5) is 26.8. The number of hydrogen-bond acceptors (Lipinski definition) is 5. The summed E-state index contributed by atoms with van der Waals surface area (Å²) in [6.45, 7) is 0. The molecule has 0 saturated heterocycles. The van der Waals surface area contributed by atoms with Crippen LogP contribution in [-0.2, 0) is 10.2 Å². The Balaban J connectivity index is 1.53. The SMILES string of the molecule is O=C(N/N=C/c1ccccc1O)c1scc2c1NC(=O)C2(c1ccccc1)c1ccccc1. The minimum absolute atomic E-state index is 0.0651. The number of phenolic OH excluding ortho intramolecular Hbond substituents is 1. The van der Waals surface area contributed by atoms with E-state index in [1.807, 2.05) is 66.0 Å². The molecule has 4 aromatic rings. The van der Waals surface area contributed by atoms with Crippen LogP contribution < -0.4 is 10.7 Å². The number of thiophene rings is 1. The number of para-hydroxylation sites is 1. The zero-order chi connectivity index (χ0) is 22.8. The summed E-state index contributed by atoms with van der Waals surface area (Å²) in [6.07, 6.45) is 1.37. The number of hydrazone groups is 1. The first kappa shape index (κ1) is 20.7. The predicted molar refractivity (Wildman–Crippen MR) is 129 cm³/mol. The molecule has 3 N–H and O–H groups in total. The third kappa shape index (κ3) is 3.39. The molecule has 1 aliphatic heterocycles. The highest BCUT2D eigenvalue weighted by Crippen LogP contribution is 2.50. The Morgan fingerprint density at radius 1 is 0.939 bits per heavy atom. The second-order valence-corrected chi connectivity index (χ2v) is 8.43. The third-order valence-electron chi connectivity index (χ3n) is 5.70. The summed E-state index contributed by atoms with van der Waals surface area (Å²) < 4.78 is 0. The summed E-state index contributed by atoms with van der Waals surface area (Å²) in [5.41, 5.74) is 4.81. The Bertz CT molecular complexity index is 1320. The predicted octanol–water partition coefficient (Wildman–Crippen LogP) is 4.50. The van der Waals surface area contributed by atoms with Gasteiger partial charge in [-0.05, 0) is 28.6 Å². The molecule has 0 spiro atoms. The maximum absolute atomic E-state index is 13.5. The number of anilines is 1.